The molecule has 0 fully saturated rings. The molecule has 3 nitrogen and oxygen atoms in total. The van der Waals surface area contributed by atoms with E-state index in [1.807, 2.05) is 6.07 Å². The van der Waals surface area contributed by atoms with Crippen molar-refractivity contribution in [1.82, 2.24) is 10.2 Å². The zero-order valence-electron chi connectivity index (χ0n) is 7.59. The number of halogens is 1. The van der Waals surface area contributed by atoms with Crippen LogP contribution in [0.1, 0.15) is 10.1 Å². The van der Waals surface area contributed by atoms with Gasteiger partial charge in [0.15, 0.2) is 4.34 Å². The number of thiophene rings is 1. The minimum atomic E-state index is 0.272. The first kappa shape index (κ1) is 11.5. The molecular weight excluding hydrogens is 314 g/mol. The molecular formula is C8H8BrN3S3. The lowest BCUT2D eigenvalue weighted by Crippen LogP contribution is -2.07. The van der Waals surface area contributed by atoms with E-state index in [1.54, 1.807) is 39.9 Å². The Bertz CT molecular complexity index is 414. The molecule has 0 aliphatic heterocycles. The first-order chi connectivity index (χ1) is 7.29. The highest BCUT2D eigenvalue weighted by atomic mass is 79.9. The largest absolute Gasteiger partial charge is 0.329 e. The highest BCUT2D eigenvalue weighted by Crippen LogP contribution is 2.39. The maximum absolute atomic E-state index is 5.76. The Morgan fingerprint density at radius 2 is 2.40 bits per heavy atom. The summed E-state index contributed by atoms with van der Waals surface area (Å²) in [5.41, 5.74) is 7.49. The van der Waals surface area contributed by atoms with Crippen LogP contribution in [-0.4, -0.2) is 16.7 Å². The Labute approximate surface area is 108 Å². The summed E-state index contributed by atoms with van der Waals surface area (Å²) in [5.74, 6) is 0. The van der Waals surface area contributed by atoms with E-state index in [0.717, 1.165) is 8.13 Å². The second-order valence-corrected chi connectivity index (χ2v) is 7.47. The maximum Gasteiger partial charge on any atom is 0.174 e. The minimum absolute atomic E-state index is 0.272. The van der Waals surface area contributed by atoms with E-state index in [-0.39, 0.29) is 5.25 Å². The molecule has 0 aliphatic carbocycles. The van der Waals surface area contributed by atoms with E-state index in [2.05, 4.69) is 32.2 Å². The Balaban J connectivity index is 2.11. The number of hydrogen-bond acceptors (Lipinski definition) is 6. The van der Waals surface area contributed by atoms with E-state index in [0.29, 0.717) is 6.54 Å². The lowest BCUT2D eigenvalue weighted by Gasteiger charge is -2.09. The molecule has 1 unspecified atom stereocenters. The van der Waals surface area contributed by atoms with Crippen molar-refractivity contribution < 1.29 is 0 Å². The van der Waals surface area contributed by atoms with Gasteiger partial charge < -0.3 is 5.73 Å². The molecule has 0 radical (unpaired) electrons. The van der Waals surface area contributed by atoms with Crippen molar-refractivity contribution in [1.29, 1.82) is 0 Å². The molecule has 2 aromatic rings. The summed E-state index contributed by atoms with van der Waals surface area (Å²) in [6, 6.07) is 4.14. The van der Waals surface area contributed by atoms with Gasteiger partial charge in [0, 0.05) is 11.4 Å². The van der Waals surface area contributed by atoms with Gasteiger partial charge in [-0.15, -0.1) is 21.5 Å². The Morgan fingerprint density at radius 3 is 2.93 bits per heavy atom. The van der Waals surface area contributed by atoms with Gasteiger partial charge in [-0.05, 0) is 28.1 Å². The summed E-state index contributed by atoms with van der Waals surface area (Å²) in [4.78, 5) is 1.27. The van der Waals surface area contributed by atoms with Gasteiger partial charge in [0.05, 0.1) is 9.04 Å². The predicted molar refractivity (Wildman–Crippen MR) is 69.6 cm³/mol. The topological polar surface area (TPSA) is 51.8 Å². The molecule has 2 N–H and O–H groups in total. The van der Waals surface area contributed by atoms with Gasteiger partial charge in [-0.1, -0.05) is 23.1 Å². The molecule has 0 aromatic carbocycles. The van der Waals surface area contributed by atoms with Crippen molar-refractivity contribution in [2.45, 2.75) is 9.59 Å². The average molecular weight is 322 g/mol. The summed E-state index contributed by atoms with van der Waals surface area (Å²) in [6.45, 7) is 0.608. The van der Waals surface area contributed by atoms with Crippen LogP contribution in [0.3, 0.4) is 0 Å². The van der Waals surface area contributed by atoms with Gasteiger partial charge >= 0.3 is 0 Å². The van der Waals surface area contributed by atoms with Crippen molar-refractivity contribution in [2.24, 2.45) is 5.73 Å². The molecule has 7 heteroatoms. The van der Waals surface area contributed by atoms with E-state index < -0.39 is 0 Å². The molecule has 1 atom stereocenters. The smallest absolute Gasteiger partial charge is 0.174 e. The fourth-order valence-corrected chi connectivity index (χ4v) is 4.37. The highest BCUT2D eigenvalue weighted by Gasteiger charge is 2.15. The summed E-state index contributed by atoms with van der Waals surface area (Å²) in [6.07, 6.45) is 0. The molecule has 0 aliphatic rings. The van der Waals surface area contributed by atoms with E-state index >= 15 is 0 Å². The zero-order valence-corrected chi connectivity index (χ0v) is 11.6. The number of aromatic nitrogens is 2. The number of hydrogen-bond donors (Lipinski definition) is 1. The maximum atomic E-state index is 5.76. The third-order valence-electron chi connectivity index (χ3n) is 1.71. The van der Waals surface area contributed by atoms with Crippen molar-refractivity contribution >= 4 is 50.4 Å². The highest BCUT2D eigenvalue weighted by molar-refractivity contribution is 9.11. The third-order valence-corrected chi connectivity index (χ3v) is 5.67. The zero-order chi connectivity index (χ0) is 10.7. The van der Waals surface area contributed by atoms with Crippen LogP contribution >= 0.6 is 50.4 Å². The van der Waals surface area contributed by atoms with Crippen LogP contribution in [0.15, 0.2) is 25.8 Å². The van der Waals surface area contributed by atoms with Crippen molar-refractivity contribution in [2.75, 3.05) is 6.54 Å². The number of nitrogens with zero attached hydrogens (tertiary/aromatic N) is 2. The molecule has 0 spiro atoms. The standard InChI is InChI=1S/C8H8BrN3S3/c9-7-2-1-5(14-7)6(3-10)15-8-12-11-4-13-8/h1-2,4,6H,3,10H2. The van der Waals surface area contributed by atoms with Gasteiger partial charge in [0.1, 0.15) is 5.51 Å². The van der Waals surface area contributed by atoms with Crippen LogP contribution in [0.2, 0.25) is 0 Å². The molecule has 2 aromatic heterocycles. The summed E-state index contributed by atoms with van der Waals surface area (Å²) >= 11 is 8.38. The fraction of sp³-hybridized carbons (Fsp3) is 0.250. The van der Waals surface area contributed by atoms with Crippen LogP contribution in [0.5, 0.6) is 0 Å². The average Bonchev–Trinajstić information content (AvgIpc) is 2.85. The minimum Gasteiger partial charge on any atom is -0.329 e. The van der Waals surface area contributed by atoms with Gasteiger partial charge in [0.25, 0.3) is 0 Å². The second kappa shape index (κ2) is 5.40. The monoisotopic (exact) mass is 321 g/mol. The molecule has 15 heavy (non-hydrogen) atoms. The Morgan fingerprint density at radius 1 is 1.53 bits per heavy atom. The van der Waals surface area contributed by atoms with Gasteiger partial charge in [-0.3, -0.25) is 0 Å². The van der Waals surface area contributed by atoms with E-state index in [9.17, 15) is 0 Å². The van der Waals surface area contributed by atoms with E-state index in [4.69, 9.17) is 5.73 Å². The Hall–Kier alpha value is 0.0500. The molecule has 0 amide bonds. The number of nitrogens with two attached hydrogens (primary N) is 1. The Kier molecular flexibility index (Phi) is 4.15. The van der Waals surface area contributed by atoms with Crippen molar-refractivity contribution in [3.05, 3.63) is 26.3 Å². The number of thioether (sulfide) groups is 1. The van der Waals surface area contributed by atoms with Crippen LogP contribution in [0.25, 0.3) is 0 Å². The molecule has 2 heterocycles. The SMILES string of the molecule is NCC(Sc1nncs1)c1ccc(Br)s1. The summed E-state index contributed by atoms with van der Waals surface area (Å²) in [5, 5.41) is 8.09. The van der Waals surface area contributed by atoms with Gasteiger partial charge in [-0.2, -0.15) is 0 Å². The normalized spacial score (nSPS) is 12.9. The molecule has 2 rings (SSSR count). The quantitative estimate of drug-likeness (QED) is 0.879. The first-order valence-corrected chi connectivity index (χ1v) is 7.54. The van der Waals surface area contributed by atoms with Crippen LogP contribution in [0.4, 0.5) is 0 Å². The van der Waals surface area contributed by atoms with E-state index in [1.165, 1.54) is 4.88 Å². The molecule has 0 saturated carbocycles. The van der Waals surface area contributed by atoms with Crippen LogP contribution in [0, 0.1) is 0 Å². The van der Waals surface area contributed by atoms with Crippen molar-refractivity contribution in [3.63, 3.8) is 0 Å². The molecule has 0 saturated heterocycles. The third kappa shape index (κ3) is 3.01. The summed E-state index contributed by atoms with van der Waals surface area (Å²) in [7, 11) is 0. The lowest BCUT2D eigenvalue weighted by atomic mass is 10.3. The number of rotatable bonds is 4. The fourth-order valence-electron chi connectivity index (χ4n) is 1.06. The van der Waals surface area contributed by atoms with Crippen molar-refractivity contribution in [3.8, 4) is 0 Å². The molecule has 0 bridgehead atoms. The summed E-state index contributed by atoms with van der Waals surface area (Å²) < 4.78 is 2.10. The second-order valence-electron chi connectivity index (χ2n) is 2.69. The lowest BCUT2D eigenvalue weighted by molar-refractivity contribution is 0.947. The van der Waals surface area contributed by atoms with Crippen LogP contribution in [-0.2, 0) is 0 Å². The molecule has 80 valence electrons. The van der Waals surface area contributed by atoms with Gasteiger partial charge in [0.2, 0.25) is 0 Å². The van der Waals surface area contributed by atoms with Gasteiger partial charge in [-0.25, -0.2) is 0 Å². The first-order valence-electron chi connectivity index (χ1n) is 4.17. The van der Waals surface area contributed by atoms with Crippen LogP contribution < -0.4 is 5.73 Å². The predicted octanol–water partition coefficient (Wildman–Crippen LogP) is 3.15.